The first-order chi connectivity index (χ1) is 13.6. The fraction of sp³-hybridized carbons (Fsp3) is 0.905. The molecule has 4 unspecified atom stereocenters. The fourth-order valence-corrected chi connectivity index (χ4v) is 4.34. The van der Waals surface area contributed by atoms with Crippen LogP contribution in [0.5, 0.6) is 0 Å². The number of hydrogen-bond donors (Lipinski definition) is 3. The van der Waals surface area contributed by atoms with Gasteiger partial charge < -0.3 is 20.7 Å². The van der Waals surface area contributed by atoms with Gasteiger partial charge in [-0.05, 0) is 52.9 Å². The minimum atomic E-state index is 0.142. The number of nitrogens with zero attached hydrogens (tertiary/aromatic N) is 2. The molecule has 3 N–H and O–H groups in total. The van der Waals surface area contributed by atoms with Crippen molar-refractivity contribution < 1.29 is 9.53 Å². The molecular formula is C21H39N5O2. The van der Waals surface area contributed by atoms with Gasteiger partial charge in [0.05, 0.1) is 19.8 Å². The molecule has 0 aromatic carbocycles. The fourth-order valence-electron chi connectivity index (χ4n) is 4.34. The summed E-state index contributed by atoms with van der Waals surface area (Å²) in [7, 11) is 0. The maximum absolute atomic E-state index is 12.4. The van der Waals surface area contributed by atoms with E-state index in [-0.39, 0.29) is 11.8 Å². The molecule has 4 atom stereocenters. The van der Waals surface area contributed by atoms with E-state index in [1.165, 1.54) is 0 Å². The summed E-state index contributed by atoms with van der Waals surface area (Å²) in [6.45, 7) is 10.7. The van der Waals surface area contributed by atoms with Crippen LogP contribution in [-0.4, -0.2) is 73.8 Å². The van der Waals surface area contributed by atoms with Crippen LogP contribution in [0.15, 0.2) is 4.99 Å². The molecular weight excluding hydrogens is 354 g/mol. The Labute approximate surface area is 170 Å². The molecule has 0 radical (unpaired) electrons. The summed E-state index contributed by atoms with van der Waals surface area (Å²) in [4.78, 5) is 19.8. The Morgan fingerprint density at radius 2 is 2.04 bits per heavy atom. The molecule has 3 aliphatic rings. The van der Waals surface area contributed by atoms with Crippen LogP contribution in [0.4, 0.5) is 0 Å². The molecule has 1 saturated heterocycles. The van der Waals surface area contributed by atoms with Gasteiger partial charge in [0.15, 0.2) is 5.96 Å². The largest absolute Gasteiger partial charge is 0.379 e. The SMILES string of the molecule is CCNC(=NCC(C)N1CCOCC1C)NC1CCCC(C(=O)NC2CC2)C1. The molecule has 160 valence electrons. The van der Waals surface area contributed by atoms with Crippen LogP contribution in [0.2, 0.25) is 0 Å². The van der Waals surface area contributed by atoms with E-state index in [1.807, 2.05) is 0 Å². The number of hydrogen-bond acceptors (Lipinski definition) is 4. The zero-order chi connectivity index (χ0) is 19.9. The molecule has 0 aromatic heterocycles. The molecule has 2 aliphatic carbocycles. The van der Waals surface area contributed by atoms with Gasteiger partial charge in [0, 0.05) is 43.2 Å². The monoisotopic (exact) mass is 393 g/mol. The van der Waals surface area contributed by atoms with Crippen molar-refractivity contribution in [2.45, 2.75) is 83.5 Å². The molecule has 2 saturated carbocycles. The minimum absolute atomic E-state index is 0.142. The van der Waals surface area contributed by atoms with Crippen molar-refractivity contribution in [1.82, 2.24) is 20.9 Å². The highest BCUT2D eigenvalue weighted by Gasteiger charge is 2.31. The van der Waals surface area contributed by atoms with Gasteiger partial charge >= 0.3 is 0 Å². The van der Waals surface area contributed by atoms with Crippen LogP contribution in [-0.2, 0) is 9.53 Å². The lowest BCUT2D eigenvalue weighted by atomic mass is 9.85. The second kappa shape index (κ2) is 10.4. The van der Waals surface area contributed by atoms with E-state index in [2.05, 4.69) is 41.6 Å². The van der Waals surface area contributed by atoms with Crippen LogP contribution in [0, 0.1) is 5.92 Å². The van der Waals surface area contributed by atoms with Gasteiger partial charge in [0.25, 0.3) is 0 Å². The topological polar surface area (TPSA) is 78.0 Å². The van der Waals surface area contributed by atoms with Gasteiger partial charge in [-0.25, -0.2) is 0 Å². The van der Waals surface area contributed by atoms with Crippen LogP contribution in [0.1, 0.15) is 59.3 Å². The maximum atomic E-state index is 12.4. The van der Waals surface area contributed by atoms with E-state index in [9.17, 15) is 4.79 Å². The number of ether oxygens (including phenoxy) is 1. The third-order valence-corrected chi connectivity index (χ3v) is 6.15. The quantitative estimate of drug-likeness (QED) is 0.451. The summed E-state index contributed by atoms with van der Waals surface area (Å²) in [6, 6.07) is 1.60. The third-order valence-electron chi connectivity index (χ3n) is 6.15. The summed E-state index contributed by atoms with van der Waals surface area (Å²) in [5.74, 6) is 1.28. The van der Waals surface area contributed by atoms with Crippen molar-refractivity contribution in [1.29, 1.82) is 0 Å². The molecule has 1 heterocycles. The second-order valence-corrected chi connectivity index (χ2v) is 8.72. The molecule has 0 aromatic rings. The summed E-state index contributed by atoms with van der Waals surface area (Å²) in [5, 5.41) is 10.2. The van der Waals surface area contributed by atoms with Crippen molar-refractivity contribution in [3.8, 4) is 0 Å². The molecule has 1 aliphatic heterocycles. The van der Waals surface area contributed by atoms with Gasteiger partial charge in [0.1, 0.15) is 0 Å². The Morgan fingerprint density at radius 1 is 1.21 bits per heavy atom. The molecule has 7 heteroatoms. The third kappa shape index (κ3) is 6.34. The number of aliphatic imine (C=N–C) groups is 1. The average Bonchev–Trinajstić information content (AvgIpc) is 3.50. The van der Waals surface area contributed by atoms with E-state index in [1.54, 1.807) is 0 Å². The van der Waals surface area contributed by atoms with Gasteiger partial charge in [0.2, 0.25) is 5.91 Å². The normalized spacial score (nSPS) is 30.5. The van der Waals surface area contributed by atoms with Crippen molar-refractivity contribution >= 4 is 11.9 Å². The second-order valence-electron chi connectivity index (χ2n) is 8.72. The van der Waals surface area contributed by atoms with Gasteiger partial charge in [-0.3, -0.25) is 14.7 Å². The summed E-state index contributed by atoms with van der Waals surface area (Å²) in [5.41, 5.74) is 0. The van der Waals surface area contributed by atoms with E-state index in [4.69, 9.17) is 9.73 Å². The molecule has 7 nitrogen and oxygen atoms in total. The van der Waals surface area contributed by atoms with E-state index < -0.39 is 0 Å². The number of carbonyl (C=O) groups excluding carboxylic acids is 1. The Kier molecular flexibility index (Phi) is 7.97. The number of carbonyl (C=O) groups is 1. The van der Waals surface area contributed by atoms with E-state index >= 15 is 0 Å². The lowest BCUT2D eigenvalue weighted by Gasteiger charge is -2.37. The molecule has 1 amide bonds. The summed E-state index contributed by atoms with van der Waals surface area (Å²) >= 11 is 0. The van der Waals surface area contributed by atoms with Crippen molar-refractivity contribution in [3.05, 3.63) is 0 Å². The number of nitrogens with one attached hydrogen (secondary N) is 3. The Hall–Kier alpha value is -1.34. The number of amides is 1. The van der Waals surface area contributed by atoms with E-state index in [0.717, 1.165) is 77.3 Å². The first-order valence-corrected chi connectivity index (χ1v) is 11.3. The molecule has 3 fully saturated rings. The summed E-state index contributed by atoms with van der Waals surface area (Å²) in [6.07, 6.45) is 6.42. The lowest BCUT2D eigenvalue weighted by molar-refractivity contribution is -0.126. The molecule has 0 bridgehead atoms. The Balaban J connectivity index is 1.50. The highest BCUT2D eigenvalue weighted by Crippen LogP contribution is 2.26. The lowest BCUT2D eigenvalue weighted by Crippen LogP contribution is -2.50. The first-order valence-electron chi connectivity index (χ1n) is 11.3. The van der Waals surface area contributed by atoms with Gasteiger partial charge in [-0.1, -0.05) is 6.42 Å². The van der Waals surface area contributed by atoms with Crippen molar-refractivity contribution in [2.75, 3.05) is 32.8 Å². The summed E-state index contributed by atoms with van der Waals surface area (Å²) < 4.78 is 5.55. The predicted octanol–water partition coefficient (Wildman–Crippen LogP) is 1.49. The smallest absolute Gasteiger partial charge is 0.223 e. The average molecular weight is 394 g/mol. The Morgan fingerprint density at radius 3 is 2.75 bits per heavy atom. The Bertz CT molecular complexity index is 537. The number of rotatable bonds is 7. The molecule has 0 spiro atoms. The van der Waals surface area contributed by atoms with Crippen molar-refractivity contribution in [3.63, 3.8) is 0 Å². The predicted molar refractivity (Wildman–Crippen MR) is 112 cm³/mol. The van der Waals surface area contributed by atoms with Crippen LogP contribution >= 0.6 is 0 Å². The minimum Gasteiger partial charge on any atom is -0.379 e. The molecule has 3 rings (SSSR count). The van der Waals surface area contributed by atoms with Crippen LogP contribution in [0.3, 0.4) is 0 Å². The maximum Gasteiger partial charge on any atom is 0.223 e. The first kappa shape index (κ1) is 21.4. The van der Waals surface area contributed by atoms with Gasteiger partial charge in [-0.2, -0.15) is 0 Å². The van der Waals surface area contributed by atoms with Crippen LogP contribution < -0.4 is 16.0 Å². The highest BCUT2D eigenvalue weighted by molar-refractivity contribution is 5.81. The molecule has 28 heavy (non-hydrogen) atoms. The van der Waals surface area contributed by atoms with Crippen LogP contribution in [0.25, 0.3) is 0 Å². The highest BCUT2D eigenvalue weighted by atomic mass is 16.5. The standard InChI is InChI=1S/C21H39N5O2/c1-4-22-21(23-13-15(2)26-10-11-28-14-16(26)3)25-19-7-5-6-17(12-19)20(27)24-18-8-9-18/h15-19H,4-14H2,1-3H3,(H,24,27)(H2,22,23,25). The van der Waals surface area contributed by atoms with Crippen molar-refractivity contribution in [2.24, 2.45) is 10.9 Å². The number of guanidine groups is 1. The van der Waals surface area contributed by atoms with Gasteiger partial charge in [-0.15, -0.1) is 0 Å². The van der Waals surface area contributed by atoms with E-state index in [0.29, 0.717) is 24.2 Å². The zero-order valence-corrected chi connectivity index (χ0v) is 17.9. The zero-order valence-electron chi connectivity index (χ0n) is 17.9. The number of morpholine rings is 1.